The third-order valence-corrected chi connectivity index (χ3v) is 4.01. The molecule has 1 aromatic carbocycles. The fourth-order valence-electron chi connectivity index (χ4n) is 3.00. The van der Waals surface area contributed by atoms with Crippen molar-refractivity contribution in [3.8, 4) is 0 Å². The standard InChI is InChI=1S/C18H27NO2/c1-13(2)16-11-15(14-9-7-6-8-10-14)12-19(16)17(20)21-18(3,4)5/h6-10,13,15-16H,11-12H2,1-5H3. The Labute approximate surface area is 128 Å². The van der Waals surface area contributed by atoms with Crippen LogP contribution in [0.25, 0.3) is 0 Å². The topological polar surface area (TPSA) is 29.5 Å². The highest BCUT2D eigenvalue weighted by Gasteiger charge is 2.39. The maximum atomic E-state index is 12.5. The molecule has 2 unspecified atom stereocenters. The van der Waals surface area contributed by atoms with Gasteiger partial charge in [-0.1, -0.05) is 44.2 Å². The van der Waals surface area contributed by atoms with Crippen LogP contribution in [-0.4, -0.2) is 29.2 Å². The lowest BCUT2D eigenvalue weighted by Crippen LogP contribution is -2.42. The molecule has 3 nitrogen and oxygen atoms in total. The molecular weight excluding hydrogens is 262 g/mol. The van der Waals surface area contributed by atoms with Gasteiger partial charge >= 0.3 is 6.09 Å². The first kappa shape index (κ1) is 15.9. The van der Waals surface area contributed by atoms with Crippen LogP contribution < -0.4 is 0 Å². The van der Waals surface area contributed by atoms with Crippen LogP contribution in [-0.2, 0) is 4.74 Å². The number of amides is 1. The molecule has 3 heteroatoms. The lowest BCUT2D eigenvalue weighted by molar-refractivity contribution is 0.0189. The number of likely N-dealkylation sites (tertiary alicyclic amines) is 1. The number of rotatable bonds is 2. The third kappa shape index (κ3) is 3.99. The van der Waals surface area contributed by atoms with Crippen molar-refractivity contribution < 1.29 is 9.53 Å². The van der Waals surface area contributed by atoms with Gasteiger partial charge in [0.15, 0.2) is 0 Å². The van der Waals surface area contributed by atoms with Crippen LogP contribution >= 0.6 is 0 Å². The Kier molecular flexibility index (Phi) is 4.60. The smallest absolute Gasteiger partial charge is 0.410 e. The number of hydrogen-bond donors (Lipinski definition) is 0. The summed E-state index contributed by atoms with van der Waals surface area (Å²) in [6.07, 6.45) is 0.834. The maximum absolute atomic E-state index is 12.5. The zero-order valence-corrected chi connectivity index (χ0v) is 13.8. The second-order valence-corrected chi connectivity index (χ2v) is 7.29. The van der Waals surface area contributed by atoms with Crippen molar-refractivity contribution in [2.24, 2.45) is 5.92 Å². The van der Waals surface area contributed by atoms with E-state index in [2.05, 4.69) is 38.1 Å². The number of carbonyl (C=O) groups is 1. The van der Waals surface area contributed by atoms with E-state index in [1.807, 2.05) is 31.7 Å². The predicted octanol–water partition coefficient (Wildman–Crippen LogP) is 4.44. The summed E-state index contributed by atoms with van der Waals surface area (Å²) in [5, 5.41) is 0. The SMILES string of the molecule is CC(C)C1CC(c2ccccc2)CN1C(=O)OC(C)(C)C. The van der Waals surface area contributed by atoms with Crippen LogP contribution in [0.2, 0.25) is 0 Å². The van der Waals surface area contributed by atoms with Gasteiger partial charge in [-0.05, 0) is 38.7 Å². The van der Waals surface area contributed by atoms with Crippen LogP contribution in [0.3, 0.4) is 0 Å². The number of ether oxygens (including phenoxy) is 1. The highest BCUT2D eigenvalue weighted by molar-refractivity contribution is 5.69. The Bertz CT molecular complexity index is 476. The molecule has 1 aliphatic heterocycles. The van der Waals surface area contributed by atoms with E-state index in [9.17, 15) is 4.79 Å². The number of nitrogens with zero attached hydrogens (tertiary/aromatic N) is 1. The highest BCUT2D eigenvalue weighted by atomic mass is 16.6. The summed E-state index contributed by atoms with van der Waals surface area (Å²) in [7, 11) is 0. The van der Waals surface area contributed by atoms with E-state index in [0.717, 1.165) is 13.0 Å². The Hall–Kier alpha value is -1.51. The molecule has 0 saturated carbocycles. The van der Waals surface area contributed by atoms with Gasteiger partial charge in [-0.15, -0.1) is 0 Å². The third-order valence-electron chi connectivity index (χ3n) is 4.01. The van der Waals surface area contributed by atoms with Crippen LogP contribution in [0.1, 0.15) is 52.5 Å². The minimum absolute atomic E-state index is 0.181. The molecule has 0 spiro atoms. The summed E-state index contributed by atoms with van der Waals surface area (Å²) in [6.45, 7) is 10.9. The van der Waals surface area contributed by atoms with Crippen LogP contribution in [0, 0.1) is 5.92 Å². The van der Waals surface area contributed by atoms with Crippen LogP contribution in [0.5, 0.6) is 0 Å². The average molecular weight is 289 g/mol. The Balaban J connectivity index is 2.14. The summed E-state index contributed by atoms with van der Waals surface area (Å²) in [4.78, 5) is 14.4. The first-order valence-electron chi connectivity index (χ1n) is 7.82. The predicted molar refractivity (Wildman–Crippen MR) is 85.4 cm³/mol. The van der Waals surface area contributed by atoms with E-state index in [-0.39, 0.29) is 12.1 Å². The van der Waals surface area contributed by atoms with E-state index in [0.29, 0.717) is 11.8 Å². The lowest BCUT2D eigenvalue weighted by Gasteiger charge is -2.30. The van der Waals surface area contributed by atoms with Gasteiger partial charge in [0.2, 0.25) is 0 Å². The minimum Gasteiger partial charge on any atom is -0.444 e. The van der Waals surface area contributed by atoms with Crippen molar-refractivity contribution in [1.82, 2.24) is 4.90 Å². The molecule has 2 rings (SSSR count). The fraction of sp³-hybridized carbons (Fsp3) is 0.611. The number of hydrogen-bond acceptors (Lipinski definition) is 2. The van der Waals surface area contributed by atoms with E-state index in [1.54, 1.807) is 0 Å². The van der Waals surface area contributed by atoms with Gasteiger partial charge in [0.25, 0.3) is 0 Å². The maximum Gasteiger partial charge on any atom is 0.410 e. The summed E-state index contributed by atoms with van der Waals surface area (Å²) < 4.78 is 5.57. The highest BCUT2D eigenvalue weighted by Crippen LogP contribution is 2.35. The minimum atomic E-state index is -0.441. The lowest BCUT2D eigenvalue weighted by atomic mass is 9.93. The summed E-state index contributed by atoms with van der Waals surface area (Å²) in [5.74, 6) is 0.845. The van der Waals surface area contributed by atoms with Crippen molar-refractivity contribution in [2.45, 2.75) is 58.6 Å². The molecule has 0 N–H and O–H groups in total. The first-order valence-corrected chi connectivity index (χ1v) is 7.82. The Morgan fingerprint density at radius 3 is 2.38 bits per heavy atom. The molecule has 2 atom stereocenters. The molecule has 0 aliphatic carbocycles. The van der Waals surface area contributed by atoms with Crippen LogP contribution in [0.4, 0.5) is 4.79 Å². The van der Waals surface area contributed by atoms with Gasteiger partial charge in [-0.3, -0.25) is 0 Å². The van der Waals surface area contributed by atoms with Gasteiger partial charge in [0.1, 0.15) is 5.60 Å². The van der Waals surface area contributed by atoms with Gasteiger partial charge < -0.3 is 9.64 Å². The second-order valence-electron chi connectivity index (χ2n) is 7.29. The van der Waals surface area contributed by atoms with Crippen molar-refractivity contribution in [3.63, 3.8) is 0 Å². The monoisotopic (exact) mass is 289 g/mol. The Morgan fingerprint density at radius 2 is 1.86 bits per heavy atom. The molecule has 1 amide bonds. The molecule has 0 bridgehead atoms. The van der Waals surface area contributed by atoms with Crippen molar-refractivity contribution in [3.05, 3.63) is 35.9 Å². The molecule has 1 saturated heterocycles. The summed E-state index contributed by atoms with van der Waals surface area (Å²) in [6, 6.07) is 10.7. The van der Waals surface area contributed by atoms with E-state index >= 15 is 0 Å². The van der Waals surface area contributed by atoms with Gasteiger partial charge in [0.05, 0.1) is 0 Å². The van der Waals surface area contributed by atoms with E-state index in [4.69, 9.17) is 4.74 Å². The van der Waals surface area contributed by atoms with Gasteiger partial charge in [-0.25, -0.2) is 4.79 Å². The van der Waals surface area contributed by atoms with Gasteiger partial charge in [0, 0.05) is 18.5 Å². The molecular formula is C18H27NO2. The summed E-state index contributed by atoms with van der Waals surface area (Å²) >= 11 is 0. The first-order chi connectivity index (χ1) is 9.78. The second kappa shape index (κ2) is 6.08. The number of carbonyl (C=O) groups excluding carboxylic acids is 1. The molecule has 1 fully saturated rings. The molecule has 0 aromatic heterocycles. The quantitative estimate of drug-likeness (QED) is 0.805. The summed E-state index contributed by atoms with van der Waals surface area (Å²) in [5.41, 5.74) is 0.873. The normalized spacial score (nSPS) is 22.7. The van der Waals surface area contributed by atoms with E-state index < -0.39 is 5.60 Å². The van der Waals surface area contributed by atoms with Gasteiger partial charge in [-0.2, -0.15) is 0 Å². The van der Waals surface area contributed by atoms with E-state index in [1.165, 1.54) is 5.56 Å². The zero-order chi connectivity index (χ0) is 15.6. The van der Waals surface area contributed by atoms with Crippen molar-refractivity contribution in [2.75, 3.05) is 6.54 Å². The largest absolute Gasteiger partial charge is 0.444 e. The molecule has 0 radical (unpaired) electrons. The van der Waals surface area contributed by atoms with Crippen molar-refractivity contribution >= 4 is 6.09 Å². The Morgan fingerprint density at radius 1 is 1.24 bits per heavy atom. The molecule has 1 aliphatic rings. The van der Waals surface area contributed by atoms with Crippen LogP contribution in [0.15, 0.2) is 30.3 Å². The molecule has 21 heavy (non-hydrogen) atoms. The molecule has 1 aromatic rings. The zero-order valence-electron chi connectivity index (χ0n) is 13.8. The molecule has 116 valence electrons. The molecule has 1 heterocycles. The average Bonchev–Trinajstić information content (AvgIpc) is 2.83. The fourth-order valence-corrected chi connectivity index (χ4v) is 3.00. The number of benzene rings is 1. The van der Waals surface area contributed by atoms with Crippen molar-refractivity contribution in [1.29, 1.82) is 0 Å².